The van der Waals surface area contributed by atoms with Gasteiger partial charge in [0.1, 0.15) is 11.6 Å². The van der Waals surface area contributed by atoms with Gasteiger partial charge in [0, 0.05) is 12.0 Å². The molecule has 0 atom stereocenters. The lowest BCUT2D eigenvalue weighted by molar-refractivity contribution is 0.357. The van der Waals surface area contributed by atoms with E-state index >= 15 is 0 Å². The van der Waals surface area contributed by atoms with Crippen molar-refractivity contribution in [1.29, 1.82) is 0 Å². The van der Waals surface area contributed by atoms with Gasteiger partial charge in [-0.2, -0.15) is 5.10 Å². The minimum absolute atomic E-state index is 0.591. The van der Waals surface area contributed by atoms with Gasteiger partial charge in [-0.1, -0.05) is 12.1 Å². The van der Waals surface area contributed by atoms with Crippen LogP contribution in [0, 0.1) is 0 Å². The predicted molar refractivity (Wildman–Crippen MR) is 57.6 cm³/mol. The first-order valence-electron chi connectivity index (χ1n) is 4.89. The summed E-state index contributed by atoms with van der Waals surface area (Å²) in [4.78, 5) is 0. The normalized spacial score (nSPS) is 13.6. The molecular formula is C11H11N3O. The zero-order chi connectivity index (χ0) is 10.3. The van der Waals surface area contributed by atoms with Gasteiger partial charge in [0.05, 0.1) is 12.8 Å². The van der Waals surface area contributed by atoms with Crippen LogP contribution in [0.25, 0.3) is 11.1 Å². The van der Waals surface area contributed by atoms with E-state index in [1.54, 1.807) is 6.20 Å². The highest BCUT2D eigenvalue weighted by atomic mass is 16.5. The van der Waals surface area contributed by atoms with Crippen LogP contribution in [0.5, 0.6) is 5.75 Å². The van der Waals surface area contributed by atoms with Gasteiger partial charge in [-0.3, -0.25) is 5.10 Å². The lowest BCUT2D eigenvalue weighted by atomic mass is 10.1. The maximum atomic E-state index is 5.76. The molecule has 3 rings (SSSR count). The summed E-state index contributed by atoms with van der Waals surface area (Å²) in [7, 11) is 0. The molecule has 0 aliphatic carbocycles. The first kappa shape index (κ1) is 8.35. The quantitative estimate of drug-likeness (QED) is 0.736. The van der Waals surface area contributed by atoms with Crippen molar-refractivity contribution < 1.29 is 4.74 Å². The van der Waals surface area contributed by atoms with E-state index < -0.39 is 0 Å². The Morgan fingerprint density at radius 2 is 2.33 bits per heavy atom. The van der Waals surface area contributed by atoms with E-state index in [0.717, 1.165) is 29.9 Å². The fourth-order valence-corrected chi connectivity index (χ4v) is 1.86. The van der Waals surface area contributed by atoms with Crippen LogP contribution >= 0.6 is 0 Å². The predicted octanol–water partition coefficient (Wildman–Crippen LogP) is 1.59. The Kier molecular flexibility index (Phi) is 1.68. The Balaban J connectivity index is 2.11. The zero-order valence-electron chi connectivity index (χ0n) is 8.16. The highest BCUT2D eigenvalue weighted by molar-refractivity contribution is 5.74. The van der Waals surface area contributed by atoms with Gasteiger partial charge in [0.25, 0.3) is 0 Å². The average molecular weight is 201 g/mol. The second-order valence-electron chi connectivity index (χ2n) is 3.62. The first-order chi connectivity index (χ1) is 7.34. The number of hydrogen-bond acceptors (Lipinski definition) is 3. The van der Waals surface area contributed by atoms with E-state index in [-0.39, 0.29) is 0 Å². The number of nitrogen functional groups attached to an aromatic ring is 1. The molecule has 1 aromatic carbocycles. The standard InChI is InChI=1S/C11H11N3O/c12-11-9(6-13-14-11)8-2-1-7-3-4-15-10(7)5-8/h1-2,5-6H,3-4H2,(H3,12,13,14). The molecule has 4 nitrogen and oxygen atoms in total. The number of aromatic amines is 1. The van der Waals surface area contributed by atoms with Crippen molar-refractivity contribution >= 4 is 5.82 Å². The van der Waals surface area contributed by atoms with E-state index in [2.05, 4.69) is 22.3 Å². The SMILES string of the molecule is Nc1[nH]ncc1-c1ccc2c(c1)OCC2. The van der Waals surface area contributed by atoms with Gasteiger partial charge in [0.15, 0.2) is 0 Å². The highest BCUT2D eigenvalue weighted by Gasteiger charge is 2.13. The van der Waals surface area contributed by atoms with Gasteiger partial charge in [0.2, 0.25) is 0 Å². The number of hydrogen-bond donors (Lipinski definition) is 2. The minimum atomic E-state index is 0.591. The van der Waals surface area contributed by atoms with Gasteiger partial charge < -0.3 is 10.5 Å². The molecule has 4 heteroatoms. The largest absolute Gasteiger partial charge is 0.493 e. The van der Waals surface area contributed by atoms with Crippen molar-refractivity contribution in [3.63, 3.8) is 0 Å². The molecule has 0 amide bonds. The molecule has 0 bridgehead atoms. The number of nitrogens with two attached hydrogens (primary N) is 1. The third-order valence-corrected chi connectivity index (χ3v) is 2.68. The molecule has 0 fully saturated rings. The summed E-state index contributed by atoms with van der Waals surface area (Å²) < 4.78 is 5.51. The number of rotatable bonds is 1. The second-order valence-corrected chi connectivity index (χ2v) is 3.62. The molecule has 15 heavy (non-hydrogen) atoms. The van der Waals surface area contributed by atoms with Crippen LogP contribution in [0.4, 0.5) is 5.82 Å². The van der Waals surface area contributed by atoms with Crippen molar-refractivity contribution in [3.8, 4) is 16.9 Å². The van der Waals surface area contributed by atoms with Crippen molar-refractivity contribution in [2.24, 2.45) is 0 Å². The van der Waals surface area contributed by atoms with Crippen molar-refractivity contribution in [2.45, 2.75) is 6.42 Å². The van der Waals surface area contributed by atoms with Crippen molar-refractivity contribution in [3.05, 3.63) is 30.0 Å². The lowest BCUT2D eigenvalue weighted by Crippen LogP contribution is -1.88. The third-order valence-electron chi connectivity index (χ3n) is 2.68. The monoisotopic (exact) mass is 201 g/mol. The van der Waals surface area contributed by atoms with Crippen LogP contribution in [0.15, 0.2) is 24.4 Å². The molecule has 3 N–H and O–H groups in total. The number of fused-ring (bicyclic) bond motifs is 1. The number of benzene rings is 1. The number of H-pyrrole nitrogens is 1. The maximum absolute atomic E-state index is 5.76. The van der Waals surface area contributed by atoms with E-state index in [0.29, 0.717) is 5.82 Å². The Morgan fingerprint density at radius 1 is 1.40 bits per heavy atom. The maximum Gasteiger partial charge on any atom is 0.126 e. The lowest BCUT2D eigenvalue weighted by Gasteiger charge is -2.02. The Bertz CT molecular complexity index is 504. The molecule has 76 valence electrons. The Labute approximate surface area is 87.1 Å². The number of aromatic nitrogens is 2. The van der Waals surface area contributed by atoms with Gasteiger partial charge in [-0.05, 0) is 17.2 Å². The summed E-state index contributed by atoms with van der Waals surface area (Å²) in [6.45, 7) is 0.777. The van der Waals surface area contributed by atoms with E-state index in [4.69, 9.17) is 10.5 Å². The smallest absolute Gasteiger partial charge is 0.126 e. The van der Waals surface area contributed by atoms with E-state index in [1.165, 1.54) is 5.56 Å². The molecule has 0 radical (unpaired) electrons. The number of ether oxygens (including phenoxy) is 1. The number of nitrogens with zero attached hydrogens (tertiary/aromatic N) is 1. The second kappa shape index (κ2) is 3.02. The molecule has 2 aromatic rings. The number of anilines is 1. The summed E-state index contributed by atoms with van der Waals surface area (Å²) in [6, 6.07) is 6.16. The molecule has 1 aromatic heterocycles. The number of nitrogens with one attached hydrogen (secondary N) is 1. The molecule has 1 aliphatic heterocycles. The van der Waals surface area contributed by atoms with Crippen LogP contribution in [0.3, 0.4) is 0 Å². The summed E-state index contributed by atoms with van der Waals surface area (Å²) >= 11 is 0. The molecule has 0 spiro atoms. The summed E-state index contributed by atoms with van der Waals surface area (Å²) in [5.74, 6) is 1.56. The third kappa shape index (κ3) is 1.26. The van der Waals surface area contributed by atoms with Gasteiger partial charge in [-0.15, -0.1) is 0 Å². The summed E-state index contributed by atoms with van der Waals surface area (Å²) in [5.41, 5.74) is 8.99. The summed E-state index contributed by atoms with van der Waals surface area (Å²) in [6.07, 6.45) is 2.72. The molecule has 2 heterocycles. The highest BCUT2D eigenvalue weighted by Crippen LogP contribution is 2.32. The fourth-order valence-electron chi connectivity index (χ4n) is 1.86. The average Bonchev–Trinajstić information content (AvgIpc) is 2.84. The molecule has 0 unspecified atom stereocenters. The van der Waals surface area contributed by atoms with Crippen molar-refractivity contribution in [2.75, 3.05) is 12.3 Å². The van der Waals surface area contributed by atoms with Crippen LogP contribution in [0.2, 0.25) is 0 Å². The Hall–Kier alpha value is -1.97. The Morgan fingerprint density at radius 3 is 3.13 bits per heavy atom. The summed E-state index contributed by atoms with van der Waals surface area (Å²) in [5, 5.41) is 6.62. The van der Waals surface area contributed by atoms with Crippen LogP contribution in [0.1, 0.15) is 5.56 Å². The first-order valence-corrected chi connectivity index (χ1v) is 4.89. The van der Waals surface area contributed by atoms with Gasteiger partial charge in [-0.25, -0.2) is 0 Å². The van der Waals surface area contributed by atoms with E-state index in [9.17, 15) is 0 Å². The molecular weight excluding hydrogens is 190 g/mol. The minimum Gasteiger partial charge on any atom is -0.493 e. The van der Waals surface area contributed by atoms with Gasteiger partial charge >= 0.3 is 0 Å². The topological polar surface area (TPSA) is 63.9 Å². The molecule has 0 saturated heterocycles. The van der Waals surface area contributed by atoms with Crippen LogP contribution in [-0.4, -0.2) is 16.8 Å². The fraction of sp³-hybridized carbons (Fsp3) is 0.182. The van der Waals surface area contributed by atoms with Crippen LogP contribution < -0.4 is 10.5 Å². The zero-order valence-corrected chi connectivity index (χ0v) is 8.16. The van der Waals surface area contributed by atoms with Crippen molar-refractivity contribution in [1.82, 2.24) is 10.2 Å². The van der Waals surface area contributed by atoms with Crippen LogP contribution in [-0.2, 0) is 6.42 Å². The molecule has 0 saturated carbocycles. The molecule has 1 aliphatic rings. The van der Waals surface area contributed by atoms with E-state index in [1.807, 2.05) is 6.07 Å².